The van der Waals surface area contributed by atoms with Crippen molar-refractivity contribution in [2.45, 2.75) is 64.3 Å². The molecule has 0 aromatic carbocycles. The van der Waals surface area contributed by atoms with Crippen molar-refractivity contribution in [1.82, 2.24) is 5.32 Å². The molecule has 0 aromatic heterocycles. The van der Waals surface area contributed by atoms with Gasteiger partial charge in [-0.3, -0.25) is 0 Å². The molecule has 0 amide bonds. The summed E-state index contributed by atoms with van der Waals surface area (Å²) in [6.45, 7) is 6.62. The van der Waals surface area contributed by atoms with Gasteiger partial charge in [0.25, 0.3) is 0 Å². The molecule has 2 rings (SSSR count). The highest BCUT2D eigenvalue weighted by Crippen LogP contribution is 2.45. The van der Waals surface area contributed by atoms with E-state index in [9.17, 15) is 0 Å². The summed E-state index contributed by atoms with van der Waals surface area (Å²) in [7, 11) is 0. The van der Waals surface area contributed by atoms with Crippen LogP contribution in [0.5, 0.6) is 0 Å². The summed E-state index contributed by atoms with van der Waals surface area (Å²) in [6, 6.07) is 0. The van der Waals surface area contributed by atoms with Gasteiger partial charge in [0.05, 0.1) is 0 Å². The van der Waals surface area contributed by atoms with Crippen LogP contribution in [0.4, 0.5) is 0 Å². The molecule has 0 radical (unpaired) electrons. The van der Waals surface area contributed by atoms with Crippen molar-refractivity contribution in [2.75, 3.05) is 13.1 Å². The van der Waals surface area contributed by atoms with Gasteiger partial charge in [0, 0.05) is 12.1 Å². The van der Waals surface area contributed by atoms with Crippen LogP contribution < -0.4 is 11.1 Å². The van der Waals surface area contributed by atoms with Crippen LogP contribution >= 0.6 is 0 Å². The van der Waals surface area contributed by atoms with E-state index in [1.54, 1.807) is 5.57 Å². The Labute approximate surface area is 106 Å². The van der Waals surface area contributed by atoms with Gasteiger partial charge in [-0.15, -0.1) is 0 Å². The summed E-state index contributed by atoms with van der Waals surface area (Å²) in [6.07, 6.45) is 11.5. The van der Waals surface area contributed by atoms with Crippen LogP contribution in [0.3, 0.4) is 0 Å². The van der Waals surface area contributed by atoms with Gasteiger partial charge in [-0.05, 0) is 50.5 Å². The molecule has 2 aliphatic rings. The van der Waals surface area contributed by atoms with E-state index < -0.39 is 0 Å². The third kappa shape index (κ3) is 2.58. The highest BCUT2D eigenvalue weighted by molar-refractivity contribution is 5.10. The molecule has 0 aliphatic heterocycles. The van der Waals surface area contributed by atoms with Crippen molar-refractivity contribution in [3.63, 3.8) is 0 Å². The van der Waals surface area contributed by atoms with Crippen molar-refractivity contribution in [1.29, 1.82) is 0 Å². The minimum absolute atomic E-state index is 0.187. The van der Waals surface area contributed by atoms with Crippen molar-refractivity contribution < 1.29 is 0 Å². The van der Waals surface area contributed by atoms with Crippen LogP contribution in [0.2, 0.25) is 0 Å². The fourth-order valence-electron chi connectivity index (χ4n) is 3.61. The van der Waals surface area contributed by atoms with Gasteiger partial charge in [0.15, 0.2) is 0 Å². The number of nitrogens with two attached hydrogens (primary N) is 1. The SMILES string of the molecule is CC1(C)CCCC1(CN)NCCC1=CCCC1. The van der Waals surface area contributed by atoms with Gasteiger partial charge in [0.1, 0.15) is 0 Å². The molecule has 17 heavy (non-hydrogen) atoms. The fourth-order valence-corrected chi connectivity index (χ4v) is 3.61. The Balaban J connectivity index is 1.87. The van der Waals surface area contributed by atoms with E-state index in [2.05, 4.69) is 25.2 Å². The Morgan fingerprint density at radius 1 is 1.29 bits per heavy atom. The molecule has 0 aromatic rings. The van der Waals surface area contributed by atoms with E-state index in [1.807, 2.05) is 0 Å². The topological polar surface area (TPSA) is 38.0 Å². The van der Waals surface area contributed by atoms with Crippen molar-refractivity contribution >= 4 is 0 Å². The molecular weight excluding hydrogens is 208 g/mol. The fraction of sp³-hybridized carbons (Fsp3) is 0.867. The van der Waals surface area contributed by atoms with E-state index in [1.165, 1.54) is 44.9 Å². The summed E-state index contributed by atoms with van der Waals surface area (Å²) < 4.78 is 0. The smallest absolute Gasteiger partial charge is 0.0355 e. The Kier molecular flexibility index (Phi) is 3.94. The van der Waals surface area contributed by atoms with E-state index in [-0.39, 0.29) is 5.54 Å². The van der Waals surface area contributed by atoms with Gasteiger partial charge >= 0.3 is 0 Å². The molecule has 0 bridgehead atoms. The van der Waals surface area contributed by atoms with Crippen LogP contribution in [0.1, 0.15) is 58.8 Å². The van der Waals surface area contributed by atoms with Gasteiger partial charge in [-0.1, -0.05) is 31.9 Å². The zero-order valence-corrected chi connectivity index (χ0v) is 11.5. The zero-order chi connectivity index (χ0) is 12.4. The van der Waals surface area contributed by atoms with Gasteiger partial charge in [0.2, 0.25) is 0 Å². The molecular formula is C15H28N2. The monoisotopic (exact) mass is 236 g/mol. The van der Waals surface area contributed by atoms with Crippen LogP contribution in [0.25, 0.3) is 0 Å². The summed E-state index contributed by atoms with van der Waals surface area (Å²) >= 11 is 0. The zero-order valence-electron chi connectivity index (χ0n) is 11.5. The molecule has 0 heterocycles. The number of rotatable bonds is 5. The Morgan fingerprint density at radius 2 is 2.12 bits per heavy atom. The third-order valence-corrected chi connectivity index (χ3v) is 5.09. The predicted molar refractivity (Wildman–Crippen MR) is 74.0 cm³/mol. The van der Waals surface area contributed by atoms with Crippen molar-refractivity contribution in [2.24, 2.45) is 11.1 Å². The first-order chi connectivity index (χ1) is 8.10. The molecule has 2 nitrogen and oxygen atoms in total. The first-order valence-electron chi connectivity index (χ1n) is 7.23. The molecule has 1 saturated carbocycles. The number of hydrogen-bond acceptors (Lipinski definition) is 2. The Morgan fingerprint density at radius 3 is 2.65 bits per heavy atom. The minimum Gasteiger partial charge on any atom is -0.329 e. The average Bonchev–Trinajstić information content (AvgIpc) is 2.88. The minimum atomic E-state index is 0.187. The van der Waals surface area contributed by atoms with Crippen LogP contribution in [-0.4, -0.2) is 18.6 Å². The molecule has 1 fully saturated rings. The summed E-state index contributed by atoms with van der Waals surface area (Å²) in [5, 5.41) is 3.80. The van der Waals surface area contributed by atoms with Crippen molar-refractivity contribution in [3.8, 4) is 0 Å². The van der Waals surface area contributed by atoms with Gasteiger partial charge < -0.3 is 11.1 Å². The molecule has 98 valence electrons. The molecule has 3 N–H and O–H groups in total. The Bertz CT molecular complexity index is 293. The lowest BCUT2D eigenvalue weighted by molar-refractivity contribution is 0.165. The number of nitrogens with one attached hydrogen (secondary N) is 1. The maximum Gasteiger partial charge on any atom is 0.0355 e. The second-order valence-corrected chi connectivity index (χ2v) is 6.46. The first-order valence-corrected chi connectivity index (χ1v) is 7.23. The van der Waals surface area contributed by atoms with Crippen LogP contribution in [0.15, 0.2) is 11.6 Å². The molecule has 2 heteroatoms. The molecule has 0 spiro atoms. The highest BCUT2D eigenvalue weighted by atomic mass is 15.0. The van der Waals surface area contributed by atoms with E-state index in [4.69, 9.17) is 5.73 Å². The second-order valence-electron chi connectivity index (χ2n) is 6.46. The third-order valence-electron chi connectivity index (χ3n) is 5.09. The van der Waals surface area contributed by atoms with Crippen LogP contribution in [0, 0.1) is 5.41 Å². The summed E-state index contributed by atoms with van der Waals surface area (Å²) in [4.78, 5) is 0. The summed E-state index contributed by atoms with van der Waals surface area (Å²) in [5.74, 6) is 0. The van der Waals surface area contributed by atoms with Gasteiger partial charge in [-0.25, -0.2) is 0 Å². The molecule has 2 aliphatic carbocycles. The lowest BCUT2D eigenvalue weighted by Crippen LogP contribution is -2.58. The highest BCUT2D eigenvalue weighted by Gasteiger charge is 2.47. The maximum absolute atomic E-state index is 6.06. The quantitative estimate of drug-likeness (QED) is 0.720. The Hall–Kier alpha value is -0.340. The maximum atomic E-state index is 6.06. The predicted octanol–water partition coefficient (Wildman–Crippen LogP) is 2.98. The van der Waals surface area contributed by atoms with E-state index in [0.717, 1.165) is 13.1 Å². The normalized spacial score (nSPS) is 31.8. The standard InChI is InChI=1S/C15H28N2/c1-14(2)9-5-10-15(14,12-16)17-11-8-13-6-3-4-7-13/h6,17H,3-5,7-12,16H2,1-2H3. The lowest BCUT2D eigenvalue weighted by atomic mass is 9.75. The second kappa shape index (κ2) is 5.11. The first kappa shape index (κ1) is 13.1. The van der Waals surface area contributed by atoms with Crippen molar-refractivity contribution in [3.05, 3.63) is 11.6 Å². The molecule has 0 saturated heterocycles. The van der Waals surface area contributed by atoms with Gasteiger partial charge in [-0.2, -0.15) is 0 Å². The molecule has 1 unspecified atom stereocenters. The van der Waals surface area contributed by atoms with E-state index >= 15 is 0 Å². The largest absolute Gasteiger partial charge is 0.329 e. The number of hydrogen-bond donors (Lipinski definition) is 2. The number of allylic oxidation sites excluding steroid dienone is 1. The lowest BCUT2D eigenvalue weighted by Gasteiger charge is -2.42. The average molecular weight is 236 g/mol. The summed E-state index contributed by atoms with van der Waals surface area (Å²) in [5.41, 5.74) is 8.25. The van der Waals surface area contributed by atoms with E-state index in [0.29, 0.717) is 5.41 Å². The van der Waals surface area contributed by atoms with Crippen LogP contribution in [-0.2, 0) is 0 Å². The molecule has 1 atom stereocenters.